The average Bonchev–Trinajstić information content (AvgIpc) is 2.85. The van der Waals surface area contributed by atoms with Gasteiger partial charge in [-0.1, -0.05) is 26.2 Å². The maximum absolute atomic E-state index is 6.10. The molecule has 0 aliphatic heterocycles. The van der Waals surface area contributed by atoms with E-state index >= 15 is 0 Å². The highest BCUT2D eigenvalue weighted by Gasteiger charge is 2.22. The Morgan fingerprint density at radius 3 is 2.62 bits per heavy atom. The number of hydrogen-bond acceptors (Lipinski definition) is 2. The summed E-state index contributed by atoms with van der Waals surface area (Å²) in [6.45, 7) is 5.38. The van der Waals surface area contributed by atoms with E-state index in [1.165, 1.54) is 32.1 Å². The first kappa shape index (κ1) is 14.8. The quantitative estimate of drug-likeness (QED) is 0.767. The third kappa shape index (κ3) is 3.08. The molecule has 2 aromatic heterocycles. The molecular weight excluding hydrogens is 282 g/mol. The summed E-state index contributed by atoms with van der Waals surface area (Å²) in [4.78, 5) is 9.24. The number of imidazole rings is 1. The number of hydrogen-bond donors (Lipinski definition) is 0. The Kier molecular flexibility index (Phi) is 4.48. The fraction of sp³-hybridized carbons (Fsp3) is 0.647. The van der Waals surface area contributed by atoms with E-state index < -0.39 is 0 Å². The van der Waals surface area contributed by atoms with Gasteiger partial charge in [0, 0.05) is 12.7 Å². The van der Waals surface area contributed by atoms with E-state index in [2.05, 4.69) is 34.4 Å². The van der Waals surface area contributed by atoms with Crippen molar-refractivity contribution in [1.29, 1.82) is 0 Å². The van der Waals surface area contributed by atoms with Crippen LogP contribution in [0.3, 0.4) is 0 Å². The molecule has 1 saturated carbocycles. The first-order valence-corrected chi connectivity index (χ1v) is 8.62. The predicted octanol–water partition coefficient (Wildman–Crippen LogP) is 4.69. The summed E-state index contributed by atoms with van der Waals surface area (Å²) >= 11 is 6.10. The second-order valence-corrected chi connectivity index (χ2v) is 6.69. The monoisotopic (exact) mass is 305 g/mol. The number of nitrogens with zero attached hydrogens (tertiary/aromatic N) is 3. The van der Waals surface area contributed by atoms with Gasteiger partial charge in [-0.05, 0) is 43.2 Å². The summed E-state index contributed by atoms with van der Waals surface area (Å²) in [6.07, 6.45) is 8.64. The summed E-state index contributed by atoms with van der Waals surface area (Å²) in [5.74, 6) is 3.10. The lowest BCUT2D eigenvalue weighted by atomic mass is 9.81. The zero-order valence-electron chi connectivity index (χ0n) is 13.0. The molecule has 0 bridgehead atoms. The van der Waals surface area contributed by atoms with Gasteiger partial charge in [0.2, 0.25) is 0 Å². The molecule has 4 heteroatoms. The van der Waals surface area contributed by atoms with Crippen molar-refractivity contribution in [1.82, 2.24) is 14.5 Å². The van der Waals surface area contributed by atoms with Gasteiger partial charge < -0.3 is 4.57 Å². The SMILES string of the molecule is CCC1CCC(Cn2c(CCl)nc3cc(C)cnc32)CC1. The summed E-state index contributed by atoms with van der Waals surface area (Å²) in [6, 6.07) is 2.10. The topological polar surface area (TPSA) is 30.7 Å². The highest BCUT2D eigenvalue weighted by molar-refractivity contribution is 6.16. The van der Waals surface area contributed by atoms with Crippen molar-refractivity contribution in [3.8, 4) is 0 Å². The smallest absolute Gasteiger partial charge is 0.160 e. The molecule has 0 atom stereocenters. The van der Waals surface area contributed by atoms with Crippen LogP contribution < -0.4 is 0 Å². The Balaban J connectivity index is 1.83. The van der Waals surface area contributed by atoms with Crippen LogP contribution in [0.1, 0.15) is 50.4 Å². The minimum absolute atomic E-state index is 0.458. The Morgan fingerprint density at radius 2 is 1.95 bits per heavy atom. The van der Waals surface area contributed by atoms with Gasteiger partial charge in [0.15, 0.2) is 5.65 Å². The molecule has 1 aliphatic carbocycles. The highest BCUT2D eigenvalue weighted by Crippen LogP contribution is 2.32. The van der Waals surface area contributed by atoms with E-state index in [9.17, 15) is 0 Å². The van der Waals surface area contributed by atoms with Gasteiger partial charge in [0.25, 0.3) is 0 Å². The van der Waals surface area contributed by atoms with Crippen LogP contribution in [0.4, 0.5) is 0 Å². The molecular formula is C17H24ClN3. The van der Waals surface area contributed by atoms with Crippen molar-refractivity contribution in [2.24, 2.45) is 11.8 Å². The third-order valence-electron chi connectivity index (χ3n) is 4.90. The molecule has 0 aromatic carbocycles. The van der Waals surface area contributed by atoms with E-state index in [-0.39, 0.29) is 0 Å². The zero-order chi connectivity index (χ0) is 14.8. The maximum atomic E-state index is 6.10. The van der Waals surface area contributed by atoms with E-state index in [0.717, 1.165) is 40.9 Å². The van der Waals surface area contributed by atoms with Crippen molar-refractivity contribution >= 4 is 22.8 Å². The first-order valence-electron chi connectivity index (χ1n) is 8.09. The third-order valence-corrected chi connectivity index (χ3v) is 5.14. The molecule has 0 saturated heterocycles. The van der Waals surface area contributed by atoms with Gasteiger partial charge in [0.1, 0.15) is 11.3 Å². The summed E-state index contributed by atoms with van der Waals surface area (Å²) in [7, 11) is 0. The molecule has 0 unspecified atom stereocenters. The lowest BCUT2D eigenvalue weighted by Crippen LogP contribution is -2.19. The standard InChI is InChI=1S/C17H24ClN3/c1-3-13-4-6-14(7-5-13)11-21-16(9-18)20-15-8-12(2)10-19-17(15)21/h8,10,13-14H,3-7,9,11H2,1-2H3. The van der Waals surface area contributed by atoms with Gasteiger partial charge in [-0.2, -0.15) is 0 Å². The molecule has 3 nitrogen and oxygen atoms in total. The second-order valence-electron chi connectivity index (χ2n) is 6.42. The lowest BCUT2D eigenvalue weighted by Gasteiger charge is -2.28. The second kappa shape index (κ2) is 6.35. The number of rotatable bonds is 4. The van der Waals surface area contributed by atoms with Gasteiger partial charge in [-0.25, -0.2) is 9.97 Å². The lowest BCUT2D eigenvalue weighted by molar-refractivity contribution is 0.248. The molecule has 2 heterocycles. The summed E-state index contributed by atoms with van der Waals surface area (Å²) in [5, 5.41) is 0. The molecule has 0 radical (unpaired) electrons. The fourth-order valence-corrected chi connectivity index (χ4v) is 3.74. The Morgan fingerprint density at radius 1 is 1.24 bits per heavy atom. The van der Waals surface area contributed by atoms with Crippen molar-refractivity contribution in [2.75, 3.05) is 0 Å². The number of halogens is 1. The number of pyridine rings is 1. The van der Waals surface area contributed by atoms with Crippen LogP contribution in [0.5, 0.6) is 0 Å². The van der Waals surface area contributed by atoms with Gasteiger partial charge in [-0.15, -0.1) is 11.6 Å². The van der Waals surface area contributed by atoms with Crippen LogP contribution in [0, 0.1) is 18.8 Å². The molecule has 2 aromatic rings. The van der Waals surface area contributed by atoms with Crippen LogP contribution in [0.25, 0.3) is 11.2 Å². The minimum Gasteiger partial charge on any atom is -0.311 e. The van der Waals surface area contributed by atoms with E-state index in [4.69, 9.17) is 11.6 Å². The number of fused-ring (bicyclic) bond motifs is 1. The number of alkyl halides is 1. The number of aromatic nitrogens is 3. The number of aryl methyl sites for hydroxylation is 1. The normalized spacial score (nSPS) is 22.8. The Hall–Kier alpha value is -1.09. The fourth-order valence-electron chi connectivity index (χ4n) is 3.53. The minimum atomic E-state index is 0.458. The largest absolute Gasteiger partial charge is 0.311 e. The Labute approximate surface area is 131 Å². The molecule has 0 N–H and O–H groups in total. The Bertz CT molecular complexity index is 612. The first-order chi connectivity index (χ1) is 10.2. The van der Waals surface area contributed by atoms with E-state index in [1.807, 2.05) is 6.20 Å². The van der Waals surface area contributed by atoms with Gasteiger partial charge in [0.05, 0.1) is 5.88 Å². The van der Waals surface area contributed by atoms with Crippen molar-refractivity contribution < 1.29 is 0 Å². The molecule has 3 rings (SSSR count). The van der Waals surface area contributed by atoms with Crippen LogP contribution in [0.15, 0.2) is 12.3 Å². The van der Waals surface area contributed by atoms with Crippen LogP contribution in [-0.4, -0.2) is 14.5 Å². The van der Waals surface area contributed by atoms with E-state index in [1.54, 1.807) is 0 Å². The van der Waals surface area contributed by atoms with E-state index in [0.29, 0.717) is 5.88 Å². The van der Waals surface area contributed by atoms with Gasteiger partial charge >= 0.3 is 0 Å². The molecule has 1 aliphatic rings. The molecule has 21 heavy (non-hydrogen) atoms. The molecule has 0 spiro atoms. The molecule has 114 valence electrons. The van der Waals surface area contributed by atoms with Crippen LogP contribution >= 0.6 is 11.6 Å². The van der Waals surface area contributed by atoms with Crippen LogP contribution in [-0.2, 0) is 12.4 Å². The molecule has 1 fully saturated rings. The average molecular weight is 306 g/mol. The van der Waals surface area contributed by atoms with Gasteiger partial charge in [-0.3, -0.25) is 0 Å². The predicted molar refractivity (Wildman–Crippen MR) is 87.6 cm³/mol. The summed E-state index contributed by atoms with van der Waals surface area (Å²) in [5.41, 5.74) is 3.12. The van der Waals surface area contributed by atoms with Crippen molar-refractivity contribution in [3.63, 3.8) is 0 Å². The van der Waals surface area contributed by atoms with Crippen LogP contribution in [0.2, 0.25) is 0 Å². The van der Waals surface area contributed by atoms with Crippen molar-refractivity contribution in [3.05, 3.63) is 23.7 Å². The maximum Gasteiger partial charge on any atom is 0.160 e. The highest BCUT2D eigenvalue weighted by atomic mass is 35.5. The van der Waals surface area contributed by atoms with Crippen molar-refractivity contribution in [2.45, 2.75) is 58.4 Å². The summed E-state index contributed by atoms with van der Waals surface area (Å²) < 4.78 is 2.25. The molecule has 0 amide bonds. The zero-order valence-corrected chi connectivity index (χ0v) is 13.7.